The van der Waals surface area contributed by atoms with Crippen molar-refractivity contribution in [3.8, 4) is 0 Å². The average Bonchev–Trinajstić information content (AvgIpc) is 2.36. The van der Waals surface area contributed by atoms with E-state index in [2.05, 4.69) is 18.6 Å². The number of esters is 1. The molecule has 0 aliphatic carbocycles. The number of hydrogen-bond acceptors (Lipinski definition) is 5. The number of hydrogen-bond donors (Lipinski definition) is 0. The molecule has 104 valence electrons. The lowest BCUT2D eigenvalue weighted by atomic mass is 10.2. The van der Waals surface area contributed by atoms with Gasteiger partial charge in [-0.2, -0.15) is 0 Å². The molecule has 0 aromatic heterocycles. The standard InChI is InChI=1S/C12H21NO4S/c1-9(2)18-8-11(14)13-4-5-17-10(7-13)6-12(15)16-3/h9-10H,4-8H2,1-3H3. The third-order valence-electron chi connectivity index (χ3n) is 2.65. The minimum atomic E-state index is -0.300. The van der Waals surface area contributed by atoms with Crippen molar-refractivity contribution in [2.75, 3.05) is 32.6 Å². The van der Waals surface area contributed by atoms with E-state index in [4.69, 9.17) is 4.74 Å². The Morgan fingerprint density at radius 1 is 1.50 bits per heavy atom. The number of amides is 1. The van der Waals surface area contributed by atoms with E-state index in [1.54, 1.807) is 16.7 Å². The molecule has 5 nitrogen and oxygen atoms in total. The summed E-state index contributed by atoms with van der Waals surface area (Å²) in [7, 11) is 1.35. The number of morpholine rings is 1. The van der Waals surface area contributed by atoms with Gasteiger partial charge >= 0.3 is 5.97 Å². The molecule has 0 aromatic carbocycles. The van der Waals surface area contributed by atoms with Crippen molar-refractivity contribution in [2.45, 2.75) is 31.6 Å². The molecule has 0 aromatic rings. The Bertz CT molecular complexity index is 296. The zero-order chi connectivity index (χ0) is 13.5. The smallest absolute Gasteiger partial charge is 0.308 e. The molecule has 6 heteroatoms. The van der Waals surface area contributed by atoms with Crippen LogP contribution in [0.2, 0.25) is 0 Å². The van der Waals surface area contributed by atoms with Crippen molar-refractivity contribution < 1.29 is 19.1 Å². The van der Waals surface area contributed by atoms with Crippen LogP contribution in [0.3, 0.4) is 0 Å². The number of methoxy groups -OCH3 is 1. The fourth-order valence-electron chi connectivity index (χ4n) is 1.67. The van der Waals surface area contributed by atoms with E-state index in [0.29, 0.717) is 30.7 Å². The van der Waals surface area contributed by atoms with E-state index in [-0.39, 0.29) is 24.4 Å². The molecule has 1 atom stereocenters. The maximum atomic E-state index is 11.9. The summed E-state index contributed by atoms with van der Waals surface area (Å²) in [6, 6.07) is 0. The predicted octanol–water partition coefficient (Wildman–Crippen LogP) is 0.918. The minimum absolute atomic E-state index is 0.117. The lowest BCUT2D eigenvalue weighted by molar-refractivity contribution is -0.149. The highest BCUT2D eigenvalue weighted by Gasteiger charge is 2.26. The molecular formula is C12H21NO4S. The molecule has 1 saturated heterocycles. The summed E-state index contributed by atoms with van der Waals surface area (Å²) in [6.45, 7) is 5.70. The highest BCUT2D eigenvalue weighted by molar-refractivity contribution is 8.00. The van der Waals surface area contributed by atoms with E-state index >= 15 is 0 Å². The van der Waals surface area contributed by atoms with Gasteiger partial charge < -0.3 is 14.4 Å². The van der Waals surface area contributed by atoms with E-state index in [1.165, 1.54) is 7.11 Å². The van der Waals surface area contributed by atoms with Crippen LogP contribution in [0.15, 0.2) is 0 Å². The van der Waals surface area contributed by atoms with E-state index in [0.717, 1.165) is 0 Å². The van der Waals surface area contributed by atoms with Gasteiger partial charge in [0, 0.05) is 13.1 Å². The largest absolute Gasteiger partial charge is 0.469 e. The summed E-state index contributed by atoms with van der Waals surface area (Å²) in [6.07, 6.45) is -0.0309. The van der Waals surface area contributed by atoms with Crippen molar-refractivity contribution >= 4 is 23.6 Å². The maximum absolute atomic E-state index is 11.9. The van der Waals surface area contributed by atoms with Crippen molar-refractivity contribution in [1.29, 1.82) is 0 Å². The molecule has 0 spiro atoms. The fraction of sp³-hybridized carbons (Fsp3) is 0.833. The number of thioether (sulfide) groups is 1. The Morgan fingerprint density at radius 2 is 2.22 bits per heavy atom. The maximum Gasteiger partial charge on any atom is 0.308 e. The van der Waals surface area contributed by atoms with Crippen LogP contribution in [-0.2, 0) is 19.1 Å². The Morgan fingerprint density at radius 3 is 2.83 bits per heavy atom. The molecule has 0 bridgehead atoms. The third kappa shape index (κ3) is 5.27. The van der Waals surface area contributed by atoms with Crippen LogP contribution in [0.1, 0.15) is 20.3 Å². The van der Waals surface area contributed by atoms with Gasteiger partial charge in [0.1, 0.15) is 0 Å². The molecule has 1 heterocycles. The highest BCUT2D eigenvalue weighted by atomic mass is 32.2. The van der Waals surface area contributed by atoms with Gasteiger partial charge in [0.15, 0.2) is 0 Å². The number of ether oxygens (including phenoxy) is 2. The molecule has 1 rings (SSSR count). The Kier molecular flexibility index (Phi) is 6.49. The van der Waals surface area contributed by atoms with Crippen LogP contribution in [-0.4, -0.2) is 60.7 Å². The quantitative estimate of drug-likeness (QED) is 0.698. The molecular weight excluding hydrogens is 254 g/mol. The molecule has 0 saturated carbocycles. The lowest BCUT2D eigenvalue weighted by Crippen LogP contribution is -2.47. The Balaban J connectivity index is 2.38. The summed E-state index contributed by atoms with van der Waals surface area (Å²) in [5.74, 6) is 0.306. The molecule has 0 N–H and O–H groups in total. The van der Waals surface area contributed by atoms with Crippen molar-refractivity contribution in [1.82, 2.24) is 4.90 Å². The minimum Gasteiger partial charge on any atom is -0.469 e. The monoisotopic (exact) mass is 275 g/mol. The first-order chi connectivity index (χ1) is 8.52. The van der Waals surface area contributed by atoms with Gasteiger partial charge in [0.2, 0.25) is 5.91 Å². The summed E-state index contributed by atoms with van der Waals surface area (Å²) in [5.41, 5.74) is 0. The van der Waals surface area contributed by atoms with Crippen LogP contribution in [0.4, 0.5) is 0 Å². The summed E-state index contributed by atoms with van der Waals surface area (Å²) < 4.78 is 10.1. The highest BCUT2D eigenvalue weighted by Crippen LogP contribution is 2.14. The van der Waals surface area contributed by atoms with Gasteiger partial charge in [-0.1, -0.05) is 13.8 Å². The molecule has 0 radical (unpaired) electrons. The normalized spacial score (nSPS) is 20.0. The molecule has 1 aliphatic heterocycles. The molecule has 1 fully saturated rings. The van der Waals surface area contributed by atoms with Gasteiger partial charge in [0.25, 0.3) is 0 Å². The second-order valence-electron chi connectivity index (χ2n) is 4.47. The van der Waals surface area contributed by atoms with E-state index < -0.39 is 0 Å². The van der Waals surface area contributed by atoms with Crippen LogP contribution in [0, 0.1) is 0 Å². The SMILES string of the molecule is COC(=O)CC1CN(C(=O)CSC(C)C)CCO1. The van der Waals surface area contributed by atoms with Crippen molar-refractivity contribution in [3.63, 3.8) is 0 Å². The first-order valence-corrected chi connectivity index (χ1v) is 7.15. The molecule has 1 aliphatic rings. The van der Waals surface area contributed by atoms with Crippen LogP contribution in [0.5, 0.6) is 0 Å². The van der Waals surface area contributed by atoms with Gasteiger partial charge in [-0.15, -0.1) is 11.8 Å². The van der Waals surface area contributed by atoms with Gasteiger partial charge in [-0.05, 0) is 5.25 Å². The Labute approximate surface area is 112 Å². The number of nitrogens with zero attached hydrogens (tertiary/aromatic N) is 1. The summed E-state index contributed by atoms with van der Waals surface area (Å²) in [4.78, 5) is 24.9. The Hall–Kier alpha value is -0.750. The first kappa shape index (κ1) is 15.3. The molecule has 1 unspecified atom stereocenters. The number of carbonyl (C=O) groups excluding carboxylic acids is 2. The molecule has 18 heavy (non-hydrogen) atoms. The second kappa shape index (κ2) is 7.63. The second-order valence-corrected chi connectivity index (χ2v) is 6.04. The van der Waals surface area contributed by atoms with Crippen LogP contribution >= 0.6 is 11.8 Å². The number of carbonyl (C=O) groups is 2. The molecule has 1 amide bonds. The van der Waals surface area contributed by atoms with Gasteiger partial charge in [-0.3, -0.25) is 9.59 Å². The van der Waals surface area contributed by atoms with E-state index in [1.807, 2.05) is 0 Å². The fourth-order valence-corrected chi connectivity index (χ4v) is 2.33. The zero-order valence-corrected chi connectivity index (χ0v) is 12.0. The van der Waals surface area contributed by atoms with E-state index in [9.17, 15) is 9.59 Å². The van der Waals surface area contributed by atoms with Gasteiger partial charge in [-0.25, -0.2) is 0 Å². The lowest BCUT2D eigenvalue weighted by Gasteiger charge is -2.32. The topological polar surface area (TPSA) is 55.8 Å². The van der Waals surface area contributed by atoms with Crippen molar-refractivity contribution in [2.24, 2.45) is 0 Å². The zero-order valence-electron chi connectivity index (χ0n) is 11.2. The average molecular weight is 275 g/mol. The predicted molar refractivity (Wildman–Crippen MR) is 70.5 cm³/mol. The van der Waals surface area contributed by atoms with Crippen LogP contribution in [0.25, 0.3) is 0 Å². The summed E-state index contributed by atoms with van der Waals surface area (Å²) >= 11 is 1.63. The first-order valence-electron chi connectivity index (χ1n) is 6.10. The van der Waals surface area contributed by atoms with Gasteiger partial charge in [0.05, 0.1) is 32.0 Å². The van der Waals surface area contributed by atoms with Crippen LogP contribution < -0.4 is 0 Å². The van der Waals surface area contributed by atoms with Crippen molar-refractivity contribution in [3.05, 3.63) is 0 Å². The third-order valence-corrected chi connectivity index (χ3v) is 3.73. The summed E-state index contributed by atoms with van der Waals surface area (Å²) in [5, 5.41) is 0.445. The number of rotatable bonds is 5.